The number of hydrogen-bond donors (Lipinski definition) is 0. The number of hydrogen-bond acceptors (Lipinski definition) is 14. The number of carbonyl (C=O) groups is 4. The van der Waals surface area contributed by atoms with Crippen molar-refractivity contribution < 1.29 is 65.5 Å². The van der Waals surface area contributed by atoms with E-state index in [1.807, 2.05) is 55.4 Å². The van der Waals surface area contributed by atoms with Crippen LogP contribution in [-0.2, 0) is 39.4 Å². The summed E-state index contributed by atoms with van der Waals surface area (Å²) in [6, 6.07) is 0. The Morgan fingerprint density at radius 2 is 0.610 bits per heavy atom. The average Bonchev–Trinajstić information content (AvgIpc) is 3.09. The molecule has 0 spiro atoms. The summed E-state index contributed by atoms with van der Waals surface area (Å²) < 4.78 is 70.9. The summed E-state index contributed by atoms with van der Waals surface area (Å²) >= 11 is 0. The van der Waals surface area contributed by atoms with Crippen LogP contribution in [0, 0.1) is 34.5 Å². The maximum atomic E-state index is 12.3. The molecule has 0 aromatic carbocycles. The van der Waals surface area contributed by atoms with Gasteiger partial charge >= 0.3 is 69.2 Å². The quantitative estimate of drug-likeness (QED) is 0.0691. The summed E-state index contributed by atoms with van der Waals surface area (Å²) in [6.45, 7) is 15.3. The molecule has 0 radical (unpaired) electrons. The van der Waals surface area contributed by atoms with Crippen molar-refractivity contribution in [2.75, 3.05) is 0 Å². The fourth-order valence-corrected chi connectivity index (χ4v) is 10.4. The smallest absolute Gasteiger partial charge is 0.747 e. The summed E-state index contributed by atoms with van der Waals surface area (Å²) in [7, 11) is -10.9. The van der Waals surface area contributed by atoms with Crippen molar-refractivity contribution in [2.24, 2.45) is 34.5 Å². The van der Waals surface area contributed by atoms with E-state index in [0.29, 0.717) is 51.4 Å². The van der Waals surface area contributed by atoms with Gasteiger partial charge in [0, 0.05) is 22.8 Å². The molecule has 0 saturated carbocycles. The SMILES string of the molecule is CCCCC(CC)CC(CC(CC)CCCC)(C(=O)[O-])C(C(=O)[O-])S(=O)(=O)[O-].CCCCC(CC)CC(CC(CC)CCCC)(C(=O)[O-])C(C(=O)[O-])S(=O)(=O)[O-].[Mg+2].[Mg+2].[Mg+2]. The molecule has 6 unspecified atom stereocenters. The van der Waals surface area contributed by atoms with E-state index in [4.69, 9.17) is 0 Å². The van der Waals surface area contributed by atoms with Crippen LogP contribution in [0.4, 0.5) is 0 Å². The monoisotopic (exact) mass is 910 g/mol. The summed E-state index contributed by atoms with van der Waals surface area (Å²) in [5.74, 6) is -8.76. The van der Waals surface area contributed by atoms with E-state index in [9.17, 15) is 65.5 Å². The van der Waals surface area contributed by atoms with Crippen molar-refractivity contribution in [3.05, 3.63) is 0 Å². The van der Waals surface area contributed by atoms with E-state index in [1.54, 1.807) is 0 Å². The van der Waals surface area contributed by atoms with E-state index in [-0.39, 0.29) is 119 Å². The average molecular weight is 912 g/mol. The fraction of sp³-hybridized carbons (Fsp3) is 0.900. The normalized spacial score (nSPS) is 16.6. The second kappa shape index (κ2) is 34.4. The van der Waals surface area contributed by atoms with Crippen LogP contribution in [0.15, 0.2) is 0 Å². The minimum absolute atomic E-state index is 0. The molecule has 0 aliphatic carbocycles. The van der Waals surface area contributed by atoms with Crippen molar-refractivity contribution >= 4 is 113 Å². The summed E-state index contributed by atoms with van der Waals surface area (Å²) in [5, 5.41) is 42.6. The Labute approximate surface area is 404 Å². The van der Waals surface area contributed by atoms with E-state index in [0.717, 1.165) is 51.4 Å². The van der Waals surface area contributed by atoms with Crippen molar-refractivity contribution in [1.29, 1.82) is 0 Å². The second-order valence-electron chi connectivity index (χ2n) is 15.8. The van der Waals surface area contributed by atoms with Crippen LogP contribution in [0.2, 0.25) is 0 Å². The van der Waals surface area contributed by atoms with Crippen LogP contribution in [-0.4, -0.2) is 129 Å². The van der Waals surface area contributed by atoms with Gasteiger partial charge in [0.25, 0.3) is 0 Å². The van der Waals surface area contributed by atoms with Crippen molar-refractivity contribution in [3.8, 4) is 0 Å². The molecule has 6 atom stereocenters. The summed E-state index contributed by atoms with van der Waals surface area (Å²) in [6.07, 6.45) is 10.6. The van der Waals surface area contributed by atoms with E-state index >= 15 is 0 Å². The van der Waals surface area contributed by atoms with Crippen molar-refractivity contribution in [2.45, 2.75) is 194 Å². The number of aliphatic carboxylic acids is 4. The minimum atomic E-state index is -5.45. The van der Waals surface area contributed by atoms with E-state index in [1.165, 1.54) is 0 Å². The van der Waals surface area contributed by atoms with Gasteiger partial charge < -0.3 is 48.7 Å². The predicted octanol–water partition coefficient (Wildman–Crippen LogP) is 2.06. The topological polar surface area (TPSA) is 275 Å². The Balaban J connectivity index is -0.000000314. The van der Waals surface area contributed by atoms with Gasteiger partial charge in [-0.05, 0) is 49.4 Å². The zero-order valence-electron chi connectivity index (χ0n) is 37.3. The first-order chi connectivity index (χ1) is 26.0. The largest absolute Gasteiger partial charge is 2.00 e. The number of carboxylic acid groups (broad SMARTS) is 4. The zero-order chi connectivity index (χ0) is 43.9. The Morgan fingerprint density at radius 1 is 0.424 bits per heavy atom. The zero-order valence-corrected chi connectivity index (χ0v) is 43.1. The molecule has 0 N–H and O–H groups in total. The number of rotatable bonds is 32. The number of carboxylic acids is 4. The van der Waals surface area contributed by atoms with E-state index < -0.39 is 65.4 Å². The van der Waals surface area contributed by atoms with Gasteiger partial charge in [0.2, 0.25) is 0 Å². The van der Waals surface area contributed by atoms with Gasteiger partial charge in [0.05, 0.1) is 22.4 Å². The van der Waals surface area contributed by atoms with Crippen LogP contribution >= 0.6 is 0 Å². The number of unbranched alkanes of at least 4 members (excludes halogenated alkanes) is 4. The predicted molar refractivity (Wildman–Crippen MR) is 221 cm³/mol. The standard InChI is InChI=1S/2C20H38O7S.3Mg/c2*1-5-9-11-15(7-3)13-20(19(23)24,14-16(8-4)12-10-6-2)17(18(21)22)28(25,26)27;;;/h2*15-17H,5-14H2,1-4H3,(H,21,22)(H,23,24)(H,25,26,27);;;/q;;3*+2/p-6. The Hall–Kier alpha value is -0.00130. The Morgan fingerprint density at radius 3 is 0.712 bits per heavy atom. The van der Waals surface area contributed by atoms with Crippen LogP contribution in [0.25, 0.3) is 0 Å². The molecule has 0 aliphatic heterocycles. The molecule has 59 heavy (non-hydrogen) atoms. The third-order valence-corrected chi connectivity index (χ3v) is 14.0. The molecule has 14 nitrogen and oxygen atoms in total. The molecule has 0 bridgehead atoms. The molecule has 0 fully saturated rings. The first-order valence-electron chi connectivity index (χ1n) is 20.7. The first kappa shape index (κ1) is 68.1. The molecule has 0 heterocycles. The van der Waals surface area contributed by atoms with Gasteiger partial charge in [-0.2, -0.15) is 0 Å². The van der Waals surface area contributed by atoms with Crippen LogP contribution in [0.5, 0.6) is 0 Å². The second-order valence-corrected chi connectivity index (χ2v) is 18.7. The molecule has 0 saturated heterocycles. The third-order valence-electron chi connectivity index (χ3n) is 11.6. The van der Waals surface area contributed by atoms with Crippen LogP contribution in [0.1, 0.15) is 184 Å². The first-order valence-corrected chi connectivity index (χ1v) is 23.7. The maximum absolute atomic E-state index is 12.3. The molecule has 332 valence electrons. The van der Waals surface area contributed by atoms with Crippen molar-refractivity contribution in [3.63, 3.8) is 0 Å². The van der Waals surface area contributed by atoms with Crippen LogP contribution < -0.4 is 20.4 Å². The number of carbonyl (C=O) groups excluding carboxylic acids is 4. The Bertz CT molecular complexity index is 1260. The van der Waals surface area contributed by atoms with Gasteiger partial charge in [-0.15, -0.1) is 0 Å². The fourth-order valence-electron chi connectivity index (χ4n) is 8.22. The molecule has 0 aromatic rings. The van der Waals surface area contributed by atoms with Gasteiger partial charge in [-0.3, -0.25) is 0 Å². The third kappa shape index (κ3) is 23.5. The molecule has 0 rings (SSSR count). The van der Waals surface area contributed by atoms with Gasteiger partial charge in [-0.25, -0.2) is 16.8 Å². The molecule has 19 heteroatoms. The summed E-state index contributed by atoms with van der Waals surface area (Å²) in [5.41, 5.74) is -4.58. The van der Waals surface area contributed by atoms with Gasteiger partial charge in [-0.1, -0.05) is 158 Å². The molecule has 0 aromatic heterocycles. The van der Waals surface area contributed by atoms with Gasteiger partial charge in [0.1, 0.15) is 20.2 Å². The van der Waals surface area contributed by atoms with Crippen LogP contribution in [0.3, 0.4) is 0 Å². The molecule has 0 amide bonds. The maximum Gasteiger partial charge on any atom is 2.00 e. The van der Waals surface area contributed by atoms with Crippen molar-refractivity contribution in [1.82, 2.24) is 0 Å². The Kier molecular flexibility index (Phi) is 39.7. The van der Waals surface area contributed by atoms with Gasteiger partial charge in [0.15, 0.2) is 0 Å². The molecule has 0 aliphatic rings. The minimum Gasteiger partial charge on any atom is -0.747 e. The van der Waals surface area contributed by atoms with E-state index in [2.05, 4.69) is 0 Å². The molecular formula is C40H70Mg3O14S2. The summed E-state index contributed by atoms with van der Waals surface area (Å²) in [4.78, 5) is 47.9. The molecular weight excluding hydrogens is 841 g/mol.